The van der Waals surface area contributed by atoms with Crippen molar-refractivity contribution in [2.45, 2.75) is 84.5 Å². The molecule has 0 heterocycles. The Kier molecular flexibility index (Phi) is 25.6. The van der Waals surface area contributed by atoms with Crippen molar-refractivity contribution in [3.05, 3.63) is 109 Å². The fraction of sp³-hybridized carbons (Fsp3) is 0.419. The molecule has 0 spiro atoms. The quantitative estimate of drug-likeness (QED) is 0.144. The maximum Gasteiger partial charge on any atom is -0.0169 e. The van der Waals surface area contributed by atoms with Gasteiger partial charge in [-0.25, -0.2) is 0 Å². The minimum Gasteiger partial charge on any atom is -0.0885 e. The molecule has 0 aromatic heterocycles. The van der Waals surface area contributed by atoms with Gasteiger partial charge in [-0.2, -0.15) is 0 Å². The van der Waals surface area contributed by atoms with Crippen molar-refractivity contribution < 1.29 is 0 Å². The third kappa shape index (κ3) is 27.7. The van der Waals surface area contributed by atoms with Gasteiger partial charge in [0.05, 0.1) is 0 Å². The highest BCUT2D eigenvalue weighted by atomic mass is 13.9. The second-order valence-corrected chi connectivity index (χ2v) is 7.29. The first-order chi connectivity index (χ1) is 15.4. The van der Waals surface area contributed by atoms with Gasteiger partial charge in [0.15, 0.2) is 0 Å². The van der Waals surface area contributed by atoms with Gasteiger partial charge in [0.2, 0.25) is 0 Å². The highest BCUT2D eigenvalue weighted by Crippen LogP contribution is 1.99. The lowest BCUT2D eigenvalue weighted by molar-refractivity contribution is 1.04. The van der Waals surface area contributed by atoms with Crippen LogP contribution < -0.4 is 0 Å². The maximum absolute atomic E-state index is 2.29. The van der Waals surface area contributed by atoms with E-state index in [1.165, 1.54) is 0 Å². The zero-order valence-electron chi connectivity index (χ0n) is 20.2. The van der Waals surface area contributed by atoms with Crippen LogP contribution in [0, 0.1) is 0 Å². The lowest BCUT2D eigenvalue weighted by Crippen LogP contribution is -1.67. The van der Waals surface area contributed by atoms with Crippen LogP contribution in [0.4, 0.5) is 0 Å². The minimum absolute atomic E-state index is 1.03. The smallest absolute Gasteiger partial charge is 0.0169 e. The van der Waals surface area contributed by atoms with Gasteiger partial charge < -0.3 is 0 Å². The number of rotatable bonds is 19. The van der Waals surface area contributed by atoms with Gasteiger partial charge in [-0.3, -0.25) is 0 Å². The monoisotopic (exact) mass is 418 g/mol. The Morgan fingerprint density at radius 2 is 0.452 bits per heavy atom. The summed E-state index contributed by atoms with van der Waals surface area (Å²) in [6.07, 6.45) is 52.2. The summed E-state index contributed by atoms with van der Waals surface area (Å²) in [6.45, 7) is 4.33. The van der Waals surface area contributed by atoms with Crippen molar-refractivity contribution in [2.24, 2.45) is 0 Å². The van der Waals surface area contributed by atoms with Crippen molar-refractivity contribution in [3.63, 3.8) is 0 Å². The lowest BCUT2D eigenvalue weighted by atomic mass is 10.2. The van der Waals surface area contributed by atoms with Crippen molar-refractivity contribution in [1.29, 1.82) is 0 Å². The fourth-order valence-corrected chi connectivity index (χ4v) is 2.66. The molecule has 0 N–H and O–H groups in total. The van der Waals surface area contributed by atoms with Crippen LogP contribution in [-0.4, -0.2) is 0 Å². The molecule has 0 saturated heterocycles. The molecule has 170 valence electrons. The number of allylic oxidation sites excluding steroid dienone is 18. The van der Waals surface area contributed by atoms with Crippen LogP contribution in [0.15, 0.2) is 109 Å². The van der Waals surface area contributed by atoms with E-state index in [2.05, 4.69) is 123 Å². The third-order valence-corrected chi connectivity index (χ3v) is 4.38. The van der Waals surface area contributed by atoms with Crippen molar-refractivity contribution in [3.8, 4) is 0 Å². The average molecular weight is 419 g/mol. The molecule has 0 nitrogen and oxygen atoms in total. The summed E-state index contributed by atoms with van der Waals surface area (Å²) in [5, 5.41) is 0. The Hall–Kier alpha value is -2.34. The summed E-state index contributed by atoms with van der Waals surface area (Å²) in [5.74, 6) is 0. The van der Waals surface area contributed by atoms with Gasteiger partial charge in [-0.05, 0) is 70.6 Å². The first-order valence-electron chi connectivity index (χ1n) is 12.3. The molecule has 0 aromatic carbocycles. The van der Waals surface area contributed by atoms with E-state index >= 15 is 0 Å². The molecular weight excluding hydrogens is 372 g/mol. The topological polar surface area (TPSA) is 0 Å². The Labute approximate surface area is 193 Å². The number of hydrogen-bond acceptors (Lipinski definition) is 0. The molecule has 0 saturated carbocycles. The molecule has 0 aliphatic rings. The number of unbranched alkanes of at least 4 members (excludes halogenated alkanes) is 1. The SMILES string of the molecule is CC/C=C/C/C=C/C/C=C/C/C=C/C/C=C/CC/C=C/C/C=C/C/C=C/C/C=C/CC. The molecule has 0 aliphatic carbocycles. The largest absolute Gasteiger partial charge is 0.0885 e. The van der Waals surface area contributed by atoms with Crippen molar-refractivity contribution >= 4 is 0 Å². The first-order valence-corrected chi connectivity index (χ1v) is 12.3. The molecule has 0 rings (SSSR count). The molecule has 0 bridgehead atoms. The molecule has 0 aliphatic heterocycles. The van der Waals surface area contributed by atoms with Crippen LogP contribution in [0.2, 0.25) is 0 Å². The highest BCUT2D eigenvalue weighted by Gasteiger charge is 1.78. The standard InChI is InChI=1S/C31H46/c1-3-5-7-9-11-13-15-17-19-21-23-25-27-29-31-30-28-26-24-22-20-18-16-14-12-10-8-6-4-2/h5-8,11-14,17-20,23-26,29,31H,3-4,9-10,15-16,21-22,27-28,30H2,1-2H3/b7-5+,8-6+,13-11+,14-12+,19-17+,20-18+,25-23+,26-24+,31-29+. The summed E-state index contributed by atoms with van der Waals surface area (Å²) in [5.41, 5.74) is 0. The average Bonchev–Trinajstić information content (AvgIpc) is 2.78. The van der Waals surface area contributed by atoms with E-state index in [9.17, 15) is 0 Å². The predicted octanol–water partition coefficient (Wildman–Crippen LogP) is 10.3. The summed E-state index contributed by atoms with van der Waals surface area (Å²) < 4.78 is 0. The molecule has 0 fully saturated rings. The van der Waals surface area contributed by atoms with Crippen LogP contribution in [0.1, 0.15) is 84.5 Å². The number of hydrogen-bond donors (Lipinski definition) is 0. The van der Waals surface area contributed by atoms with E-state index in [4.69, 9.17) is 0 Å². The van der Waals surface area contributed by atoms with E-state index in [1.807, 2.05) is 0 Å². The molecule has 0 heteroatoms. The van der Waals surface area contributed by atoms with Gasteiger partial charge >= 0.3 is 0 Å². The lowest BCUT2D eigenvalue weighted by Gasteiger charge is -1.88. The molecule has 0 amide bonds. The normalized spacial score (nSPS) is 13.7. The summed E-state index contributed by atoms with van der Waals surface area (Å²) in [7, 11) is 0. The molecule has 0 radical (unpaired) electrons. The summed E-state index contributed by atoms with van der Waals surface area (Å²) >= 11 is 0. The summed E-state index contributed by atoms with van der Waals surface area (Å²) in [4.78, 5) is 0. The Balaban J connectivity index is 3.53. The van der Waals surface area contributed by atoms with Crippen LogP contribution in [0.5, 0.6) is 0 Å². The fourth-order valence-electron chi connectivity index (χ4n) is 2.66. The Morgan fingerprint density at radius 3 is 0.677 bits per heavy atom. The Bertz CT molecular complexity index is 614. The first kappa shape index (κ1) is 28.7. The third-order valence-electron chi connectivity index (χ3n) is 4.38. The summed E-state index contributed by atoms with van der Waals surface area (Å²) in [6, 6.07) is 0. The van der Waals surface area contributed by atoms with E-state index in [0.29, 0.717) is 0 Å². The second kappa shape index (κ2) is 27.7. The van der Waals surface area contributed by atoms with Crippen LogP contribution in [-0.2, 0) is 0 Å². The molecule has 0 aromatic rings. The zero-order chi connectivity index (χ0) is 22.5. The second-order valence-electron chi connectivity index (χ2n) is 7.29. The molecule has 0 atom stereocenters. The minimum atomic E-state index is 1.03. The van der Waals surface area contributed by atoms with Crippen molar-refractivity contribution in [2.75, 3.05) is 0 Å². The van der Waals surface area contributed by atoms with E-state index in [0.717, 1.165) is 70.6 Å². The van der Waals surface area contributed by atoms with Crippen LogP contribution in [0.3, 0.4) is 0 Å². The Morgan fingerprint density at radius 1 is 0.258 bits per heavy atom. The maximum atomic E-state index is 2.29. The molecule has 31 heavy (non-hydrogen) atoms. The van der Waals surface area contributed by atoms with Gasteiger partial charge in [-0.1, -0.05) is 123 Å². The molecular formula is C31H46. The van der Waals surface area contributed by atoms with Crippen LogP contribution >= 0.6 is 0 Å². The van der Waals surface area contributed by atoms with Gasteiger partial charge in [0.25, 0.3) is 0 Å². The van der Waals surface area contributed by atoms with Gasteiger partial charge in [0, 0.05) is 0 Å². The van der Waals surface area contributed by atoms with E-state index in [-0.39, 0.29) is 0 Å². The van der Waals surface area contributed by atoms with Crippen molar-refractivity contribution in [1.82, 2.24) is 0 Å². The van der Waals surface area contributed by atoms with Crippen LogP contribution in [0.25, 0.3) is 0 Å². The van der Waals surface area contributed by atoms with E-state index in [1.54, 1.807) is 0 Å². The predicted molar refractivity (Wildman–Crippen MR) is 144 cm³/mol. The van der Waals surface area contributed by atoms with E-state index < -0.39 is 0 Å². The van der Waals surface area contributed by atoms with Gasteiger partial charge in [0.1, 0.15) is 0 Å². The van der Waals surface area contributed by atoms with Gasteiger partial charge in [-0.15, -0.1) is 0 Å². The highest BCUT2D eigenvalue weighted by molar-refractivity contribution is 5.02. The molecule has 0 unspecified atom stereocenters. The zero-order valence-corrected chi connectivity index (χ0v) is 20.2.